The fourth-order valence-electron chi connectivity index (χ4n) is 2.24. The highest BCUT2D eigenvalue weighted by molar-refractivity contribution is 6.31. The molecule has 0 unspecified atom stereocenters. The maximum atomic E-state index is 12.5. The maximum Gasteiger partial charge on any atom is 0.265 e. The minimum atomic E-state index is -0.808. The van der Waals surface area contributed by atoms with Crippen LogP contribution in [0, 0.1) is 18.3 Å². The Morgan fingerprint density at radius 3 is 2.46 bits per heavy atom. The lowest BCUT2D eigenvalue weighted by molar-refractivity contribution is -0.122. The minimum absolute atomic E-state index is 0.364. The smallest absolute Gasteiger partial charge is 0.265 e. The molecule has 1 N–H and O–H groups in total. The van der Waals surface area contributed by atoms with Gasteiger partial charge in [0.05, 0.1) is 31.5 Å². The summed E-state index contributed by atoms with van der Waals surface area (Å²) in [5.74, 6) is 0.838. The average molecular weight is 375 g/mol. The van der Waals surface area contributed by atoms with Crippen LogP contribution in [0.25, 0.3) is 0 Å². The van der Waals surface area contributed by atoms with E-state index in [4.69, 9.17) is 31.1 Å². The van der Waals surface area contributed by atoms with E-state index in [0.717, 1.165) is 5.56 Å². The number of anilines is 1. The second kappa shape index (κ2) is 8.45. The third-order valence-corrected chi connectivity index (χ3v) is 4.11. The molecule has 0 bridgehead atoms. The number of hydrogen-bond donors (Lipinski definition) is 1. The molecule has 0 aliphatic carbocycles. The normalized spacial score (nSPS) is 11.2. The van der Waals surface area contributed by atoms with Crippen molar-refractivity contribution in [1.29, 1.82) is 5.26 Å². The Bertz CT molecular complexity index is 861. The van der Waals surface area contributed by atoms with E-state index in [1.165, 1.54) is 14.2 Å². The van der Waals surface area contributed by atoms with Gasteiger partial charge in [0.2, 0.25) is 0 Å². The van der Waals surface area contributed by atoms with Gasteiger partial charge in [-0.2, -0.15) is 5.26 Å². The summed E-state index contributed by atoms with van der Waals surface area (Å²) < 4.78 is 16.1. The number of carbonyl (C=O) groups excluding carboxylic acids is 1. The number of nitrogens with zero attached hydrogens (tertiary/aromatic N) is 1. The highest BCUT2D eigenvalue weighted by atomic mass is 35.5. The number of nitrogens with one attached hydrogen (secondary N) is 1. The van der Waals surface area contributed by atoms with Gasteiger partial charge < -0.3 is 19.5 Å². The van der Waals surface area contributed by atoms with Gasteiger partial charge in [0, 0.05) is 17.2 Å². The summed E-state index contributed by atoms with van der Waals surface area (Å²) in [7, 11) is 2.97. The molecule has 0 aliphatic rings. The second-order valence-electron chi connectivity index (χ2n) is 5.53. The Hall–Kier alpha value is -2.91. The number of nitriles is 1. The molecule has 0 saturated heterocycles. The zero-order valence-corrected chi connectivity index (χ0v) is 15.7. The van der Waals surface area contributed by atoms with Gasteiger partial charge in [0.15, 0.2) is 17.6 Å². The van der Waals surface area contributed by atoms with Crippen molar-refractivity contribution in [2.45, 2.75) is 20.0 Å². The number of methoxy groups -OCH3 is 2. The average Bonchev–Trinajstić information content (AvgIpc) is 2.64. The molecule has 26 heavy (non-hydrogen) atoms. The van der Waals surface area contributed by atoms with Crippen molar-refractivity contribution in [3.8, 4) is 23.3 Å². The van der Waals surface area contributed by atoms with Gasteiger partial charge in [-0.15, -0.1) is 0 Å². The Balaban J connectivity index is 2.16. The molecule has 1 atom stereocenters. The van der Waals surface area contributed by atoms with Gasteiger partial charge >= 0.3 is 0 Å². The van der Waals surface area contributed by atoms with Crippen LogP contribution in [0.1, 0.15) is 18.1 Å². The Morgan fingerprint density at radius 1 is 1.15 bits per heavy atom. The molecule has 2 aromatic rings. The van der Waals surface area contributed by atoms with Gasteiger partial charge in [-0.1, -0.05) is 11.6 Å². The van der Waals surface area contributed by atoms with Crippen LogP contribution in [0.5, 0.6) is 17.2 Å². The monoisotopic (exact) mass is 374 g/mol. The predicted molar refractivity (Wildman–Crippen MR) is 99.2 cm³/mol. The number of halogens is 1. The Labute approximate surface area is 157 Å². The highest BCUT2D eigenvalue weighted by Crippen LogP contribution is 2.32. The Kier molecular flexibility index (Phi) is 6.31. The fourth-order valence-corrected chi connectivity index (χ4v) is 2.40. The van der Waals surface area contributed by atoms with Crippen LogP contribution in [-0.4, -0.2) is 26.2 Å². The molecule has 2 rings (SSSR count). The van der Waals surface area contributed by atoms with E-state index in [0.29, 0.717) is 33.5 Å². The SMILES string of the molecule is COc1cc(Cl)c(C)cc1NC(=O)[C@H](C)Oc1ccc(C#N)cc1OC. The van der Waals surface area contributed by atoms with Crippen molar-refractivity contribution >= 4 is 23.2 Å². The molecule has 1 amide bonds. The number of hydrogen-bond acceptors (Lipinski definition) is 5. The standard InChI is InChI=1S/C19H19ClN2O4/c1-11-7-15(17(24-3)9-14(11)20)22-19(23)12(2)26-16-6-5-13(10-21)8-18(16)25-4/h5-9,12H,1-4H3,(H,22,23)/t12-/m0/s1. The van der Waals surface area contributed by atoms with Gasteiger partial charge in [-0.3, -0.25) is 4.79 Å². The number of carbonyl (C=O) groups is 1. The van der Waals surface area contributed by atoms with E-state index >= 15 is 0 Å². The van der Waals surface area contributed by atoms with Crippen LogP contribution in [0.15, 0.2) is 30.3 Å². The van der Waals surface area contributed by atoms with Crippen molar-refractivity contribution in [3.05, 3.63) is 46.5 Å². The van der Waals surface area contributed by atoms with Gasteiger partial charge in [0.1, 0.15) is 5.75 Å². The number of benzene rings is 2. The molecular formula is C19H19ClN2O4. The zero-order valence-electron chi connectivity index (χ0n) is 14.9. The van der Waals surface area contributed by atoms with E-state index in [-0.39, 0.29) is 5.91 Å². The van der Waals surface area contributed by atoms with Crippen LogP contribution in [0.3, 0.4) is 0 Å². The van der Waals surface area contributed by atoms with Crippen molar-refractivity contribution in [1.82, 2.24) is 0 Å². The molecule has 0 radical (unpaired) electrons. The van der Waals surface area contributed by atoms with Gasteiger partial charge in [-0.25, -0.2) is 0 Å². The first kappa shape index (κ1) is 19.4. The second-order valence-corrected chi connectivity index (χ2v) is 5.94. The van der Waals surface area contributed by atoms with Crippen LogP contribution in [-0.2, 0) is 4.79 Å². The summed E-state index contributed by atoms with van der Waals surface area (Å²) in [6.45, 7) is 3.45. The van der Waals surface area contributed by atoms with E-state index in [1.807, 2.05) is 13.0 Å². The van der Waals surface area contributed by atoms with Crippen LogP contribution >= 0.6 is 11.6 Å². The van der Waals surface area contributed by atoms with Crippen molar-refractivity contribution < 1.29 is 19.0 Å². The van der Waals surface area contributed by atoms with Crippen LogP contribution in [0.2, 0.25) is 5.02 Å². The molecule has 0 heterocycles. The summed E-state index contributed by atoms with van der Waals surface area (Å²) in [6.07, 6.45) is -0.808. The molecule has 7 heteroatoms. The molecule has 6 nitrogen and oxygen atoms in total. The fraction of sp³-hybridized carbons (Fsp3) is 0.263. The van der Waals surface area contributed by atoms with Crippen molar-refractivity contribution in [3.63, 3.8) is 0 Å². The van der Waals surface area contributed by atoms with Gasteiger partial charge in [0.25, 0.3) is 5.91 Å². The lowest BCUT2D eigenvalue weighted by Crippen LogP contribution is -2.30. The van der Waals surface area contributed by atoms with Crippen LogP contribution < -0.4 is 19.5 Å². The lowest BCUT2D eigenvalue weighted by atomic mass is 10.2. The number of ether oxygens (including phenoxy) is 3. The van der Waals surface area contributed by atoms with E-state index < -0.39 is 6.10 Å². The molecular weight excluding hydrogens is 356 g/mol. The van der Waals surface area contributed by atoms with E-state index in [9.17, 15) is 4.79 Å². The first-order valence-corrected chi connectivity index (χ1v) is 8.17. The van der Waals surface area contributed by atoms with Gasteiger partial charge in [-0.05, 0) is 37.6 Å². The molecule has 0 fully saturated rings. The third-order valence-electron chi connectivity index (χ3n) is 3.70. The molecule has 2 aromatic carbocycles. The third kappa shape index (κ3) is 4.38. The van der Waals surface area contributed by atoms with Crippen molar-refractivity contribution in [2.24, 2.45) is 0 Å². The molecule has 136 valence electrons. The van der Waals surface area contributed by atoms with E-state index in [1.54, 1.807) is 37.3 Å². The highest BCUT2D eigenvalue weighted by Gasteiger charge is 2.19. The number of amides is 1. The summed E-state index contributed by atoms with van der Waals surface area (Å²) in [4.78, 5) is 12.5. The largest absolute Gasteiger partial charge is 0.495 e. The molecule has 0 spiro atoms. The summed E-state index contributed by atoms with van der Waals surface area (Å²) in [5.41, 5.74) is 1.75. The lowest BCUT2D eigenvalue weighted by Gasteiger charge is -2.18. The number of aryl methyl sites for hydroxylation is 1. The maximum absolute atomic E-state index is 12.5. The summed E-state index contributed by atoms with van der Waals surface area (Å²) in [5, 5.41) is 12.3. The van der Waals surface area contributed by atoms with Crippen LogP contribution in [0.4, 0.5) is 5.69 Å². The predicted octanol–water partition coefficient (Wildman–Crippen LogP) is 3.94. The molecule has 0 aromatic heterocycles. The Morgan fingerprint density at radius 2 is 1.85 bits per heavy atom. The van der Waals surface area contributed by atoms with E-state index in [2.05, 4.69) is 5.32 Å². The first-order valence-electron chi connectivity index (χ1n) is 7.79. The summed E-state index contributed by atoms with van der Waals surface area (Å²) in [6, 6.07) is 10.1. The minimum Gasteiger partial charge on any atom is -0.495 e. The number of rotatable bonds is 6. The van der Waals surface area contributed by atoms with Crippen molar-refractivity contribution in [2.75, 3.05) is 19.5 Å². The quantitative estimate of drug-likeness (QED) is 0.828. The first-order chi connectivity index (χ1) is 12.4. The zero-order chi connectivity index (χ0) is 19.3. The topological polar surface area (TPSA) is 80.6 Å². The molecule has 0 aliphatic heterocycles. The summed E-state index contributed by atoms with van der Waals surface area (Å²) >= 11 is 6.07. The molecule has 0 saturated carbocycles.